The minimum Gasteiger partial charge on any atom is -0.352 e. The maximum Gasteiger partial charge on any atom is 0.251 e. The molecule has 2 nitrogen and oxygen atoms in total. The molecule has 0 atom stereocenters. The molecule has 21 heavy (non-hydrogen) atoms. The summed E-state index contributed by atoms with van der Waals surface area (Å²) in [6.45, 7) is 0.480. The highest BCUT2D eigenvalue weighted by Gasteiger charge is 2.08. The van der Waals surface area contributed by atoms with E-state index in [1.165, 1.54) is 0 Å². The summed E-state index contributed by atoms with van der Waals surface area (Å²) in [5, 5.41) is 4.53. The fraction of sp³-hybridized carbons (Fsp3) is 0.133. The topological polar surface area (TPSA) is 29.1 Å². The second kappa shape index (κ2) is 7.50. The largest absolute Gasteiger partial charge is 0.352 e. The summed E-state index contributed by atoms with van der Waals surface area (Å²) >= 11 is 21.2. The fourth-order valence-electron chi connectivity index (χ4n) is 1.77. The van der Waals surface area contributed by atoms with Gasteiger partial charge in [0, 0.05) is 26.6 Å². The van der Waals surface area contributed by atoms with E-state index in [1.54, 1.807) is 30.3 Å². The summed E-state index contributed by atoms with van der Waals surface area (Å²) in [6, 6.07) is 10.4. The Morgan fingerprint density at radius 1 is 1.05 bits per heavy atom. The first-order valence-electron chi connectivity index (χ1n) is 6.14. The minimum atomic E-state index is -0.172. The second-order valence-corrected chi connectivity index (χ2v) is 6.48. The quantitative estimate of drug-likeness (QED) is 0.724. The van der Waals surface area contributed by atoms with Crippen molar-refractivity contribution in [3.63, 3.8) is 0 Å². The van der Waals surface area contributed by atoms with Crippen molar-refractivity contribution in [2.24, 2.45) is 0 Å². The molecule has 0 radical (unpaired) electrons. The number of nitrogens with one attached hydrogen (secondary N) is 1. The average molecular weight is 408 g/mol. The van der Waals surface area contributed by atoms with Crippen LogP contribution in [0.4, 0.5) is 0 Å². The first-order chi connectivity index (χ1) is 9.97. The van der Waals surface area contributed by atoms with E-state index in [0.29, 0.717) is 33.6 Å². The summed E-state index contributed by atoms with van der Waals surface area (Å²) in [6.07, 6.45) is 0.631. The smallest absolute Gasteiger partial charge is 0.251 e. The van der Waals surface area contributed by atoms with Gasteiger partial charge < -0.3 is 5.32 Å². The molecule has 6 heteroatoms. The molecule has 0 bridgehead atoms. The van der Waals surface area contributed by atoms with Crippen LogP contribution < -0.4 is 5.32 Å². The maximum atomic E-state index is 12.0. The van der Waals surface area contributed by atoms with Crippen molar-refractivity contribution in [1.82, 2.24) is 5.32 Å². The molecular formula is C15H11BrCl3NO. The van der Waals surface area contributed by atoms with Gasteiger partial charge in [-0.3, -0.25) is 4.79 Å². The number of amides is 1. The lowest BCUT2D eigenvalue weighted by molar-refractivity contribution is 0.0954. The van der Waals surface area contributed by atoms with Crippen LogP contribution in [0.5, 0.6) is 0 Å². The maximum absolute atomic E-state index is 12.0. The zero-order chi connectivity index (χ0) is 15.4. The Balaban J connectivity index is 1.93. The second-order valence-electron chi connectivity index (χ2n) is 4.37. The zero-order valence-corrected chi connectivity index (χ0v) is 14.7. The first kappa shape index (κ1) is 16.6. The summed E-state index contributed by atoms with van der Waals surface area (Å²) in [5.74, 6) is -0.172. The van der Waals surface area contributed by atoms with Crippen LogP contribution in [0.3, 0.4) is 0 Å². The number of hydrogen-bond donors (Lipinski definition) is 1. The van der Waals surface area contributed by atoms with Crippen molar-refractivity contribution in [3.05, 3.63) is 67.1 Å². The van der Waals surface area contributed by atoms with Crippen LogP contribution in [0.2, 0.25) is 15.1 Å². The Labute approximate surface area is 146 Å². The van der Waals surface area contributed by atoms with Gasteiger partial charge in [-0.15, -0.1) is 0 Å². The average Bonchev–Trinajstić information content (AvgIpc) is 2.44. The predicted molar refractivity (Wildman–Crippen MR) is 91.7 cm³/mol. The summed E-state index contributed by atoms with van der Waals surface area (Å²) in [5.41, 5.74) is 1.46. The van der Waals surface area contributed by atoms with Gasteiger partial charge in [0.2, 0.25) is 0 Å². The molecule has 2 aromatic rings. The molecule has 2 rings (SSSR count). The minimum absolute atomic E-state index is 0.172. The van der Waals surface area contributed by atoms with E-state index >= 15 is 0 Å². The number of carbonyl (C=O) groups is 1. The van der Waals surface area contributed by atoms with Gasteiger partial charge in [0.25, 0.3) is 5.91 Å². The Bertz CT molecular complexity index is 676. The lowest BCUT2D eigenvalue weighted by Crippen LogP contribution is -2.25. The standard InChI is InChI=1S/C15H11BrCl3NO/c16-12-4-2-10(7-14(12)19)15(21)20-6-5-9-1-3-11(17)8-13(9)18/h1-4,7-8H,5-6H2,(H,20,21). The highest BCUT2D eigenvalue weighted by Crippen LogP contribution is 2.23. The van der Waals surface area contributed by atoms with Crippen molar-refractivity contribution in [3.8, 4) is 0 Å². The van der Waals surface area contributed by atoms with Crippen molar-refractivity contribution >= 4 is 56.6 Å². The van der Waals surface area contributed by atoms with Crippen molar-refractivity contribution in [1.29, 1.82) is 0 Å². The van der Waals surface area contributed by atoms with Gasteiger partial charge in [0.05, 0.1) is 5.02 Å². The van der Waals surface area contributed by atoms with Crippen LogP contribution in [0.1, 0.15) is 15.9 Å². The molecule has 0 saturated heterocycles. The summed E-state index contributed by atoms with van der Waals surface area (Å²) < 4.78 is 0.758. The van der Waals surface area contributed by atoms with Crippen LogP contribution in [-0.4, -0.2) is 12.5 Å². The zero-order valence-electron chi connectivity index (χ0n) is 10.8. The molecule has 0 aliphatic heterocycles. The fourth-order valence-corrected chi connectivity index (χ4v) is 2.70. The number of hydrogen-bond acceptors (Lipinski definition) is 1. The van der Waals surface area contributed by atoms with Gasteiger partial charge in [-0.2, -0.15) is 0 Å². The van der Waals surface area contributed by atoms with Crippen LogP contribution in [0.25, 0.3) is 0 Å². The highest BCUT2D eigenvalue weighted by molar-refractivity contribution is 9.10. The van der Waals surface area contributed by atoms with Gasteiger partial charge in [-0.25, -0.2) is 0 Å². The molecule has 0 aromatic heterocycles. The molecule has 0 fully saturated rings. The SMILES string of the molecule is O=C(NCCc1ccc(Cl)cc1Cl)c1ccc(Br)c(Cl)c1. The monoisotopic (exact) mass is 405 g/mol. The molecule has 0 aliphatic rings. The highest BCUT2D eigenvalue weighted by atomic mass is 79.9. The third kappa shape index (κ3) is 4.62. The van der Waals surface area contributed by atoms with E-state index in [0.717, 1.165) is 10.0 Å². The molecule has 0 heterocycles. The van der Waals surface area contributed by atoms with Crippen molar-refractivity contribution in [2.75, 3.05) is 6.54 Å². The molecule has 1 amide bonds. The first-order valence-corrected chi connectivity index (χ1v) is 8.07. The Hall–Kier alpha value is -0.740. The van der Waals surface area contributed by atoms with Crippen molar-refractivity contribution < 1.29 is 4.79 Å². The molecule has 1 N–H and O–H groups in total. The van der Waals surface area contributed by atoms with E-state index in [2.05, 4.69) is 21.2 Å². The van der Waals surface area contributed by atoms with Crippen LogP contribution in [-0.2, 0) is 6.42 Å². The van der Waals surface area contributed by atoms with E-state index in [-0.39, 0.29) is 5.91 Å². The molecule has 0 aliphatic carbocycles. The van der Waals surface area contributed by atoms with Gasteiger partial charge >= 0.3 is 0 Å². The number of halogens is 4. The molecule has 0 spiro atoms. The normalized spacial score (nSPS) is 10.5. The number of carbonyl (C=O) groups excluding carboxylic acids is 1. The molecule has 0 unspecified atom stereocenters. The van der Waals surface area contributed by atoms with Crippen LogP contribution in [0, 0.1) is 0 Å². The van der Waals surface area contributed by atoms with Crippen LogP contribution in [0.15, 0.2) is 40.9 Å². The lowest BCUT2D eigenvalue weighted by atomic mass is 10.1. The van der Waals surface area contributed by atoms with E-state index in [9.17, 15) is 4.79 Å². The third-order valence-corrected chi connectivity index (χ3v) is 4.70. The number of rotatable bonds is 4. The molecule has 0 saturated carbocycles. The van der Waals surface area contributed by atoms with E-state index in [4.69, 9.17) is 34.8 Å². The predicted octanol–water partition coefficient (Wildman–Crippen LogP) is 5.38. The summed E-state index contributed by atoms with van der Waals surface area (Å²) in [4.78, 5) is 12.0. The van der Waals surface area contributed by atoms with E-state index < -0.39 is 0 Å². The third-order valence-electron chi connectivity index (χ3n) is 2.88. The van der Waals surface area contributed by atoms with Crippen molar-refractivity contribution in [2.45, 2.75) is 6.42 Å². The molecular weight excluding hydrogens is 396 g/mol. The number of benzene rings is 2. The van der Waals surface area contributed by atoms with Gasteiger partial charge in [0.15, 0.2) is 0 Å². The van der Waals surface area contributed by atoms with E-state index in [1.807, 2.05) is 6.07 Å². The van der Waals surface area contributed by atoms with Crippen LogP contribution >= 0.6 is 50.7 Å². The molecule has 2 aromatic carbocycles. The Morgan fingerprint density at radius 3 is 2.48 bits per heavy atom. The summed E-state index contributed by atoms with van der Waals surface area (Å²) in [7, 11) is 0. The Morgan fingerprint density at radius 2 is 1.81 bits per heavy atom. The van der Waals surface area contributed by atoms with Gasteiger partial charge in [-0.1, -0.05) is 40.9 Å². The Kier molecular flexibility index (Phi) is 5.94. The molecule has 110 valence electrons. The lowest BCUT2D eigenvalue weighted by Gasteiger charge is -2.08. The van der Waals surface area contributed by atoms with Gasteiger partial charge in [-0.05, 0) is 58.2 Å². The van der Waals surface area contributed by atoms with Gasteiger partial charge in [0.1, 0.15) is 0 Å².